The highest BCUT2D eigenvalue weighted by atomic mass is 32.2. The molecule has 3 aromatic rings. The van der Waals surface area contributed by atoms with E-state index >= 15 is 0 Å². The second kappa shape index (κ2) is 10.0. The van der Waals surface area contributed by atoms with Crippen LogP contribution in [0.15, 0.2) is 89.8 Å². The topological polar surface area (TPSA) is 17.1 Å². The van der Waals surface area contributed by atoms with Gasteiger partial charge in [-0.05, 0) is 76.1 Å². The van der Waals surface area contributed by atoms with E-state index in [1.165, 1.54) is 27.7 Å². The van der Waals surface area contributed by atoms with E-state index in [2.05, 4.69) is 86.3 Å². The Balaban J connectivity index is 1.46. The summed E-state index contributed by atoms with van der Waals surface area (Å²) in [6, 6.07) is 29.4. The van der Waals surface area contributed by atoms with Crippen molar-refractivity contribution in [1.29, 1.82) is 0 Å². The van der Waals surface area contributed by atoms with Crippen molar-refractivity contribution in [2.75, 3.05) is 0 Å². The van der Waals surface area contributed by atoms with Crippen LogP contribution in [0.3, 0.4) is 0 Å². The van der Waals surface area contributed by atoms with Crippen LogP contribution in [-0.4, -0.2) is 4.21 Å². The zero-order valence-corrected chi connectivity index (χ0v) is 19.5. The Morgan fingerprint density at radius 2 is 1.19 bits per heavy atom. The molecule has 2 aliphatic carbocycles. The molecule has 3 aromatic carbocycles. The van der Waals surface area contributed by atoms with Gasteiger partial charge in [0.15, 0.2) is 0 Å². The smallest absolute Gasteiger partial charge is 0.0794 e. The fraction of sp³-hybridized carbons (Fsp3) is 0.0345. The SMILES string of the molecule is Cc1ccc([S@](=O)[C]2[CH][CH][CH][C]2[C]2[CH][CH][CH][C]2P(c2ccccc2)c2ccccc2)cc1. The summed E-state index contributed by atoms with van der Waals surface area (Å²) in [6.45, 7) is 2.05. The minimum absolute atomic E-state index is 0.724. The summed E-state index contributed by atoms with van der Waals surface area (Å²) < 4.78 is 13.5. The molecule has 0 aromatic heterocycles. The van der Waals surface area contributed by atoms with Crippen LogP contribution in [0.5, 0.6) is 0 Å². The van der Waals surface area contributed by atoms with E-state index in [-0.39, 0.29) is 0 Å². The molecular formula is C29H23OPS. The summed E-state index contributed by atoms with van der Waals surface area (Å²) >= 11 is 0. The van der Waals surface area contributed by atoms with Gasteiger partial charge in [0.2, 0.25) is 0 Å². The molecule has 3 heteroatoms. The van der Waals surface area contributed by atoms with E-state index in [0.717, 1.165) is 16.1 Å². The van der Waals surface area contributed by atoms with Crippen LogP contribution in [0.1, 0.15) is 5.56 Å². The molecule has 0 unspecified atom stereocenters. The Morgan fingerprint density at radius 1 is 0.625 bits per heavy atom. The highest BCUT2D eigenvalue weighted by Gasteiger charge is 2.47. The zero-order valence-electron chi connectivity index (χ0n) is 17.8. The predicted molar refractivity (Wildman–Crippen MR) is 135 cm³/mol. The van der Waals surface area contributed by atoms with E-state index in [4.69, 9.17) is 0 Å². The molecule has 5 rings (SSSR count). The van der Waals surface area contributed by atoms with E-state index in [0.29, 0.717) is 0 Å². The van der Waals surface area contributed by atoms with Gasteiger partial charge in [-0.3, -0.25) is 4.21 Å². The molecular weight excluding hydrogens is 427 g/mol. The first-order chi connectivity index (χ1) is 15.7. The molecule has 2 saturated carbocycles. The number of hydrogen-bond acceptors (Lipinski definition) is 1. The van der Waals surface area contributed by atoms with Crippen molar-refractivity contribution in [3.05, 3.63) is 152 Å². The van der Waals surface area contributed by atoms with Crippen LogP contribution in [0, 0.1) is 68.2 Å². The van der Waals surface area contributed by atoms with Gasteiger partial charge in [-0.25, -0.2) is 0 Å². The number of rotatable bonds is 6. The van der Waals surface area contributed by atoms with Gasteiger partial charge in [-0.2, -0.15) is 0 Å². The third kappa shape index (κ3) is 4.50. The van der Waals surface area contributed by atoms with Crippen molar-refractivity contribution in [3.63, 3.8) is 0 Å². The molecule has 10 radical (unpaired) electrons. The lowest BCUT2D eigenvalue weighted by molar-refractivity contribution is 0.684. The number of aryl methyl sites for hydroxylation is 1. The van der Waals surface area contributed by atoms with Gasteiger partial charge in [-0.15, -0.1) is 0 Å². The van der Waals surface area contributed by atoms with Crippen molar-refractivity contribution in [2.45, 2.75) is 11.8 Å². The molecule has 0 spiro atoms. The summed E-state index contributed by atoms with van der Waals surface area (Å²) in [6.07, 6.45) is 12.6. The Labute approximate surface area is 196 Å². The van der Waals surface area contributed by atoms with Gasteiger partial charge >= 0.3 is 0 Å². The Kier molecular flexibility index (Phi) is 6.91. The summed E-state index contributed by atoms with van der Waals surface area (Å²) in [7, 11) is -1.95. The number of benzene rings is 3. The van der Waals surface area contributed by atoms with Crippen LogP contribution in [-0.2, 0) is 10.8 Å². The molecule has 2 aliphatic rings. The second-order valence-corrected chi connectivity index (χ2v) is 11.4. The van der Waals surface area contributed by atoms with Crippen molar-refractivity contribution in [2.24, 2.45) is 0 Å². The fourth-order valence-corrected chi connectivity index (χ4v) is 7.67. The average molecular weight is 451 g/mol. The van der Waals surface area contributed by atoms with Gasteiger partial charge < -0.3 is 0 Å². The summed E-state index contributed by atoms with van der Waals surface area (Å²) in [5.41, 5.74) is 2.47. The van der Waals surface area contributed by atoms with E-state index in [1.54, 1.807) is 0 Å². The summed E-state index contributed by atoms with van der Waals surface area (Å²) in [5, 5.41) is 3.50. The fourth-order valence-electron chi connectivity index (χ4n) is 3.99. The van der Waals surface area contributed by atoms with Gasteiger partial charge in [0, 0.05) is 22.4 Å². The molecule has 0 aliphatic heterocycles. The van der Waals surface area contributed by atoms with Crippen LogP contribution in [0.4, 0.5) is 0 Å². The molecule has 0 heterocycles. The van der Waals surface area contributed by atoms with Crippen LogP contribution in [0.2, 0.25) is 0 Å². The largest absolute Gasteiger partial charge is 0.254 e. The lowest BCUT2D eigenvalue weighted by atomic mass is 9.89. The standard InChI is InChI=1S/C29H23OPS/c1-22-18-20-25(21-19-22)32(30)29-17-9-15-27(29)26-14-8-16-28(26)31(23-10-4-2-5-11-23)24-12-6-3-7-13-24/h2-21H,1H3/t32-/m0/s1. The molecule has 156 valence electrons. The van der Waals surface area contributed by atoms with Crippen molar-refractivity contribution < 1.29 is 4.21 Å². The van der Waals surface area contributed by atoms with E-state index in [9.17, 15) is 4.21 Å². The average Bonchev–Trinajstić information content (AvgIpc) is 3.50. The zero-order chi connectivity index (χ0) is 21.9. The quantitative estimate of drug-likeness (QED) is 0.440. The van der Waals surface area contributed by atoms with E-state index in [1.807, 2.05) is 44.0 Å². The highest BCUT2D eigenvalue weighted by molar-refractivity contribution is 7.88. The molecule has 0 N–H and O–H groups in total. The predicted octanol–water partition coefficient (Wildman–Crippen LogP) is 5.70. The monoisotopic (exact) mass is 450 g/mol. The Bertz CT molecular complexity index is 994. The van der Waals surface area contributed by atoms with Crippen molar-refractivity contribution in [3.8, 4) is 0 Å². The summed E-state index contributed by atoms with van der Waals surface area (Å²) in [4.78, 5) is 0.838. The van der Waals surface area contributed by atoms with Crippen molar-refractivity contribution in [1.82, 2.24) is 0 Å². The molecule has 1 nitrogen and oxygen atoms in total. The summed E-state index contributed by atoms with van der Waals surface area (Å²) in [5.74, 6) is 2.23. The first kappa shape index (κ1) is 22.1. The van der Waals surface area contributed by atoms with E-state index < -0.39 is 18.7 Å². The molecule has 0 bridgehead atoms. The highest BCUT2D eigenvalue weighted by Crippen LogP contribution is 2.61. The Morgan fingerprint density at radius 3 is 1.81 bits per heavy atom. The molecule has 0 saturated heterocycles. The third-order valence-electron chi connectivity index (χ3n) is 5.56. The third-order valence-corrected chi connectivity index (χ3v) is 9.52. The van der Waals surface area contributed by atoms with Gasteiger partial charge in [-0.1, -0.05) is 78.4 Å². The lowest BCUT2D eigenvalue weighted by Gasteiger charge is -2.33. The van der Waals surface area contributed by atoms with Crippen LogP contribution in [0.25, 0.3) is 0 Å². The van der Waals surface area contributed by atoms with Gasteiger partial charge in [0.25, 0.3) is 0 Å². The molecule has 0 amide bonds. The maximum Gasteiger partial charge on any atom is 0.0794 e. The minimum atomic E-state index is -1.22. The first-order valence-electron chi connectivity index (χ1n) is 10.6. The van der Waals surface area contributed by atoms with Crippen LogP contribution >= 0.6 is 7.92 Å². The van der Waals surface area contributed by atoms with Crippen molar-refractivity contribution >= 4 is 29.3 Å². The van der Waals surface area contributed by atoms with Crippen LogP contribution < -0.4 is 10.6 Å². The maximum atomic E-state index is 13.5. The molecule has 2 fully saturated rings. The molecule has 32 heavy (non-hydrogen) atoms. The van der Waals surface area contributed by atoms with Gasteiger partial charge in [0.1, 0.15) is 0 Å². The Hall–Kier alpha value is -1.76. The molecule has 1 atom stereocenters. The lowest BCUT2D eigenvalue weighted by Crippen LogP contribution is -2.24. The number of hydrogen-bond donors (Lipinski definition) is 0. The maximum absolute atomic E-state index is 13.5. The normalized spacial score (nSPS) is 19.7. The van der Waals surface area contributed by atoms with Gasteiger partial charge in [0.05, 0.1) is 16.0 Å². The minimum Gasteiger partial charge on any atom is -0.254 e. The first-order valence-corrected chi connectivity index (χ1v) is 13.1. The second-order valence-electron chi connectivity index (χ2n) is 7.72.